The molecule has 2 heterocycles. The topological polar surface area (TPSA) is 67.2 Å². The van der Waals surface area contributed by atoms with E-state index < -0.39 is 0 Å². The van der Waals surface area contributed by atoms with Crippen molar-refractivity contribution >= 4 is 40.1 Å². The summed E-state index contributed by atoms with van der Waals surface area (Å²) in [5, 5.41) is 3.47. The van der Waals surface area contributed by atoms with Crippen LogP contribution in [0.2, 0.25) is 5.02 Å². The monoisotopic (exact) mass is 396 g/mol. The maximum Gasteiger partial charge on any atom is 0.291 e. The molecule has 144 valence electrons. The normalized spacial score (nSPS) is 13.9. The molecule has 7 heteroatoms. The van der Waals surface area contributed by atoms with Gasteiger partial charge in [-0.2, -0.15) is 0 Å². The fourth-order valence-corrected chi connectivity index (χ4v) is 3.81. The largest absolute Gasteiger partial charge is 0.339 e. The number of hydrogen-bond donors (Lipinski definition) is 1. The first-order chi connectivity index (χ1) is 13.5. The zero-order valence-corrected chi connectivity index (χ0v) is 16.6. The lowest BCUT2D eigenvalue weighted by atomic mass is 10.1. The first-order valence-electron chi connectivity index (χ1n) is 9.28. The van der Waals surface area contributed by atoms with Crippen LogP contribution < -0.4 is 5.32 Å². The zero-order valence-electron chi connectivity index (χ0n) is 15.8. The molecule has 0 radical (unpaired) electrons. The van der Waals surface area contributed by atoms with Gasteiger partial charge in [-0.3, -0.25) is 9.59 Å². The van der Waals surface area contributed by atoms with Crippen molar-refractivity contribution in [1.29, 1.82) is 0 Å². The molecule has 28 heavy (non-hydrogen) atoms. The molecule has 1 N–H and O–H groups in total. The second-order valence-corrected chi connectivity index (χ2v) is 7.50. The molecule has 0 aliphatic carbocycles. The Balaban J connectivity index is 1.62. The Morgan fingerprint density at radius 2 is 1.89 bits per heavy atom. The Hall–Kier alpha value is -2.86. The van der Waals surface area contributed by atoms with Crippen LogP contribution in [0.15, 0.2) is 36.4 Å². The van der Waals surface area contributed by atoms with Gasteiger partial charge in [-0.05, 0) is 55.7 Å². The van der Waals surface area contributed by atoms with E-state index in [4.69, 9.17) is 11.6 Å². The molecule has 1 aliphatic heterocycles. The summed E-state index contributed by atoms with van der Waals surface area (Å²) >= 11 is 6.03. The quantitative estimate of drug-likeness (QED) is 0.727. The number of fused-ring (bicyclic) bond motifs is 1. The number of aryl methyl sites for hydroxylation is 1. The molecule has 1 aromatic heterocycles. The predicted octanol–water partition coefficient (Wildman–Crippen LogP) is 4.02. The summed E-state index contributed by atoms with van der Waals surface area (Å²) in [4.78, 5) is 31.9. The second-order valence-electron chi connectivity index (χ2n) is 7.06. The number of amides is 2. The Bertz CT molecular complexity index is 1080. The Labute approximate surface area is 168 Å². The molecule has 1 aliphatic rings. The Morgan fingerprint density at radius 1 is 1.14 bits per heavy atom. The summed E-state index contributed by atoms with van der Waals surface area (Å²) in [5.41, 5.74) is 3.48. The first kappa shape index (κ1) is 18.5. The summed E-state index contributed by atoms with van der Waals surface area (Å²) in [6.07, 6.45) is 2.08. The minimum Gasteiger partial charge on any atom is -0.339 e. The van der Waals surface area contributed by atoms with Crippen LogP contribution in [0.25, 0.3) is 11.0 Å². The maximum atomic E-state index is 12.9. The molecule has 1 saturated heterocycles. The Morgan fingerprint density at radius 3 is 2.64 bits per heavy atom. The van der Waals surface area contributed by atoms with Gasteiger partial charge in [0.1, 0.15) is 0 Å². The molecule has 0 bridgehead atoms. The van der Waals surface area contributed by atoms with Crippen LogP contribution in [-0.2, 0) is 7.05 Å². The van der Waals surface area contributed by atoms with E-state index in [9.17, 15) is 9.59 Å². The third-order valence-electron chi connectivity index (χ3n) is 5.25. The highest BCUT2D eigenvalue weighted by atomic mass is 35.5. The van der Waals surface area contributed by atoms with Crippen molar-refractivity contribution in [1.82, 2.24) is 14.5 Å². The van der Waals surface area contributed by atoms with Gasteiger partial charge in [0.25, 0.3) is 11.8 Å². The van der Waals surface area contributed by atoms with Gasteiger partial charge in [0.2, 0.25) is 0 Å². The number of carbonyl (C=O) groups excluding carboxylic acids is 2. The van der Waals surface area contributed by atoms with E-state index in [-0.39, 0.29) is 17.6 Å². The van der Waals surface area contributed by atoms with Crippen molar-refractivity contribution in [2.75, 3.05) is 18.4 Å². The number of rotatable bonds is 3. The minimum atomic E-state index is -0.330. The molecule has 2 aromatic carbocycles. The van der Waals surface area contributed by atoms with Crippen molar-refractivity contribution in [2.45, 2.75) is 19.8 Å². The average molecular weight is 397 g/mol. The van der Waals surface area contributed by atoms with Gasteiger partial charge in [0, 0.05) is 36.4 Å². The lowest BCUT2D eigenvalue weighted by Gasteiger charge is -2.18. The molecular weight excluding hydrogens is 376 g/mol. The van der Waals surface area contributed by atoms with E-state index in [0.717, 1.165) is 37.0 Å². The van der Waals surface area contributed by atoms with Gasteiger partial charge in [-0.15, -0.1) is 0 Å². The average Bonchev–Trinajstić information content (AvgIpc) is 3.31. The molecule has 6 nitrogen and oxygen atoms in total. The van der Waals surface area contributed by atoms with Crippen LogP contribution in [0.1, 0.15) is 39.4 Å². The fraction of sp³-hybridized carbons (Fsp3) is 0.286. The maximum absolute atomic E-state index is 12.9. The number of aromatic nitrogens is 2. The number of carbonyl (C=O) groups is 2. The molecule has 0 saturated carbocycles. The van der Waals surface area contributed by atoms with Gasteiger partial charge in [0.05, 0.1) is 11.0 Å². The lowest BCUT2D eigenvalue weighted by Crippen LogP contribution is -2.28. The van der Waals surface area contributed by atoms with E-state index in [1.54, 1.807) is 35.9 Å². The summed E-state index contributed by atoms with van der Waals surface area (Å²) in [7, 11) is 1.79. The van der Waals surface area contributed by atoms with Gasteiger partial charge < -0.3 is 14.8 Å². The highest BCUT2D eigenvalue weighted by molar-refractivity contribution is 6.31. The molecule has 2 amide bonds. The van der Waals surface area contributed by atoms with Crippen molar-refractivity contribution < 1.29 is 9.59 Å². The van der Waals surface area contributed by atoms with E-state index in [2.05, 4.69) is 10.3 Å². The van der Waals surface area contributed by atoms with Crippen LogP contribution >= 0.6 is 11.6 Å². The van der Waals surface area contributed by atoms with Crippen LogP contribution in [0, 0.1) is 6.92 Å². The lowest BCUT2D eigenvalue weighted by molar-refractivity contribution is 0.0791. The smallest absolute Gasteiger partial charge is 0.291 e. The molecule has 4 rings (SSSR count). The number of nitrogens with one attached hydrogen (secondary N) is 1. The second kappa shape index (κ2) is 7.28. The minimum absolute atomic E-state index is 0.0171. The van der Waals surface area contributed by atoms with Crippen molar-refractivity contribution in [2.24, 2.45) is 7.05 Å². The van der Waals surface area contributed by atoms with Crippen LogP contribution in [0.3, 0.4) is 0 Å². The number of likely N-dealkylation sites (tertiary alicyclic amines) is 1. The van der Waals surface area contributed by atoms with Gasteiger partial charge in [0.15, 0.2) is 5.82 Å². The summed E-state index contributed by atoms with van der Waals surface area (Å²) < 4.78 is 1.73. The van der Waals surface area contributed by atoms with Gasteiger partial charge in [-0.1, -0.05) is 17.7 Å². The predicted molar refractivity (Wildman–Crippen MR) is 110 cm³/mol. The van der Waals surface area contributed by atoms with Crippen LogP contribution in [0.5, 0.6) is 0 Å². The number of benzene rings is 2. The van der Waals surface area contributed by atoms with Gasteiger partial charge >= 0.3 is 0 Å². The molecule has 0 unspecified atom stereocenters. The third kappa shape index (κ3) is 3.24. The number of imidazole rings is 1. The fourth-order valence-electron chi connectivity index (χ4n) is 3.65. The van der Waals surface area contributed by atoms with Gasteiger partial charge in [-0.25, -0.2) is 4.98 Å². The van der Waals surface area contributed by atoms with Crippen LogP contribution in [0.4, 0.5) is 5.69 Å². The Kier molecular flexibility index (Phi) is 4.81. The molecule has 0 atom stereocenters. The summed E-state index contributed by atoms with van der Waals surface area (Å²) in [5.74, 6) is -0.0277. The van der Waals surface area contributed by atoms with Crippen molar-refractivity contribution in [3.8, 4) is 0 Å². The molecule has 3 aromatic rings. The van der Waals surface area contributed by atoms with Crippen molar-refractivity contribution in [3.05, 3.63) is 58.4 Å². The number of nitrogens with zero attached hydrogens (tertiary/aromatic N) is 3. The summed E-state index contributed by atoms with van der Waals surface area (Å²) in [6.45, 7) is 3.43. The summed E-state index contributed by atoms with van der Waals surface area (Å²) in [6, 6.07) is 10.7. The third-order valence-corrected chi connectivity index (χ3v) is 5.49. The van der Waals surface area contributed by atoms with E-state index in [0.29, 0.717) is 21.8 Å². The highest BCUT2D eigenvalue weighted by Crippen LogP contribution is 2.24. The van der Waals surface area contributed by atoms with E-state index in [1.807, 2.05) is 24.0 Å². The van der Waals surface area contributed by atoms with E-state index in [1.165, 1.54) is 0 Å². The highest BCUT2D eigenvalue weighted by Gasteiger charge is 2.23. The van der Waals surface area contributed by atoms with Crippen LogP contribution in [-0.4, -0.2) is 39.4 Å². The number of anilines is 1. The number of halogens is 1. The van der Waals surface area contributed by atoms with E-state index >= 15 is 0 Å². The molecule has 0 spiro atoms. The van der Waals surface area contributed by atoms with Crippen molar-refractivity contribution in [3.63, 3.8) is 0 Å². The first-order valence-corrected chi connectivity index (χ1v) is 9.65. The zero-order chi connectivity index (χ0) is 19.8. The molecular formula is C21H21ClN4O2. The SMILES string of the molecule is Cc1c(NC(=O)c2nc3cc(Cl)ccc3n2C)cccc1C(=O)N1CCCC1. The molecule has 1 fully saturated rings. The number of hydrogen-bond acceptors (Lipinski definition) is 3. The standard InChI is InChI=1S/C21H21ClN4O2/c1-13-15(21(28)26-10-3-4-11-26)6-5-7-16(13)24-20(27)19-23-17-12-14(22)8-9-18(17)25(19)2/h5-9,12H,3-4,10-11H2,1-2H3,(H,24,27).